The van der Waals surface area contributed by atoms with Crippen molar-refractivity contribution in [3.63, 3.8) is 0 Å². The maximum absolute atomic E-state index is 13.5. The van der Waals surface area contributed by atoms with Gasteiger partial charge in [0.25, 0.3) is 0 Å². The Kier molecular flexibility index (Phi) is 7.96. The van der Waals surface area contributed by atoms with Crippen LogP contribution in [0, 0.1) is 5.92 Å². The number of halogens is 3. The van der Waals surface area contributed by atoms with Crippen LogP contribution >= 0.6 is 12.6 Å². The average Bonchev–Trinajstić information content (AvgIpc) is 2.85. The number of hydrogen-bond donors (Lipinski definition) is 3. The van der Waals surface area contributed by atoms with Crippen molar-refractivity contribution in [1.82, 2.24) is 14.3 Å². The molecular weight excluding hydrogens is 531 g/mol. The third-order valence-electron chi connectivity index (χ3n) is 7.00. The number of nitrogens with zero attached hydrogens (tertiary/aromatic N) is 4. The molecule has 37 heavy (non-hydrogen) atoms. The predicted octanol–water partition coefficient (Wildman–Crippen LogP) is 2.81. The van der Waals surface area contributed by atoms with Crippen LogP contribution in [0.25, 0.3) is 0 Å². The van der Waals surface area contributed by atoms with Crippen LogP contribution in [0.4, 0.5) is 24.8 Å². The van der Waals surface area contributed by atoms with Gasteiger partial charge in [-0.1, -0.05) is 0 Å². The molecule has 2 atom stereocenters. The van der Waals surface area contributed by atoms with E-state index in [0.29, 0.717) is 32.2 Å². The van der Waals surface area contributed by atoms with Gasteiger partial charge in [-0.05, 0) is 50.3 Å². The molecular formula is C23H30F3N5O4S2. The van der Waals surface area contributed by atoms with Crippen molar-refractivity contribution < 1.29 is 31.4 Å². The quantitative estimate of drug-likeness (QED) is 0.364. The molecule has 2 saturated heterocycles. The Morgan fingerprint density at radius 1 is 1.19 bits per heavy atom. The van der Waals surface area contributed by atoms with Gasteiger partial charge in [0.1, 0.15) is 0 Å². The van der Waals surface area contributed by atoms with Crippen molar-refractivity contribution >= 4 is 34.3 Å². The predicted molar refractivity (Wildman–Crippen MR) is 134 cm³/mol. The van der Waals surface area contributed by atoms with Crippen molar-refractivity contribution in [2.75, 3.05) is 43.5 Å². The maximum Gasteiger partial charge on any atom is 0.421 e. The number of ether oxygens (including phenoxy) is 1. The van der Waals surface area contributed by atoms with Crippen LogP contribution in [-0.2, 0) is 20.4 Å². The van der Waals surface area contributed by atoms with Gasteiger partial charge >= 0.3 is 6.18 Å². The molecule has 1 aromatic carbocycles. The SMILES string of the molecule is CC(O)(c1cnc(N2CCN(S(=O)(=O)c3cc(N)ccc3S)C[C@@H]2CC2CCOCC2)nc1)C(F)(F)F. The number of aliphatic hydroxyl groups is 1. The molecule has 2 aliphatic heterocycles. The van der Waals surface area contributed by atoms with E-state index in [2.05, 4.69) is 22.6 Å². The fourth-order valence-corrected chi connectivity index (χ4v) is 6.71. The van der Waals surface area contributed by atoms with E-state index >= 15 is 0 Å². The summed E-state index contributed by atoms with van der Waals surface area (Å²) in [6, 6.07) is 4.16. The number of aromatic nitrogens is 2. The zero-order valence-electron chi connectivity index (χ0n) is 20.2. The first-order valence-electron chi connectivity index (χ1n) is 11.9. The van der Waals surface area contributed by atoms with Gasteiger partial charge in [-0.25, -0.2) is 18.4 Å². The van der Waals surface area contributed by atoms with Gasteiger partial charge in [0.15, 0.2) is 5.60 Å². The second-order valence-corrected chi connectivity index (χ2v) is 12.0. The van der Waals surface area contributed by atoms with Gasteiger partial charge in [-0.15, -0.1) is 12.6 Å². The highest BCUT2D eigenvalue weighted by atomic mass is 32.2. The number of alkyl halides is 3. The zero-order chi connectivity index (χ0) is 27.0. The van der Waals surface area contributed by atoms with Gasteiger partial charge in [0.05, 0.1) is 4.90 Å². The summed E-state index contributed by atoms with van der Waals surface area (Å²) in [6.45, 7) is 2.35. The van der Waals surface area contributed by atoms with Crippen molar-refractivity contribution in [3.05, 3.63) is 36.2 Å². The van der Waals surface area contributed by atoms with Crippen molar-refractivity contribution in [2.45, 2.75) is 53.8 Å². The second kappa shape index (κ2) is 10.6. The van der Waals surface area contributed by atoms with Gasteiger partial charge in [-0.2, -0.15) is 17.5 Å². The van der Waals surface area contributed by atoms with Crippen LogP contribution in [-0.4, -0.2) is 72.9 Å². The summed E-state index contributed by atoms with van der Waals surface area (Å²) >= 11 is 4.31. The Bertz CT molecular complexity index is 1210. The number of thiol groups is 1. The highest BCUT2D eigenvalue weighted by Crippen LogP contribution is 2.38. The number of piperazine rings is 1. The molecule has 0 saturated carbocycles. The molecule has 0 radical (unpaired) electrons. The second-order valence-electron chi connectivity index (χ2n) is 9.57. The first kappa shape index (κ1) is 27.9. The van der Waals surface area contributed by atoms with Crippen LogP contribution in [0.5, 0.6) is 0 Å². The summed E-state index contributed by atoms with van der Waals surface area (Å²) in [6.07, 6.45) is -0.695. The molecule has 1 aromatic heterocycles. The van der Waals surface area contributed by atoms with Crippen LogP contribution in [0.3, 0.4) is 0 Å². The Hall–Kier alpha value is -2.13. The van der Waals surface area contributed by atoms with Crippen LogP contribution in [0.2, 0.25) is 0 Å². The monoisotopic (exact) mass is 561 g/mol. The number of rotatable bonds is 6. The van der Waals surface area contributed by atoms with E-state index in [1.54, 1.807) is 6.07 Å². The van der Waals surface area contributed by atoms with Crippen LogP contribution in [0.15, 0.2) is 40.4 Å². The summed E-state index contributed by atoms with van der Waals surface area (Å²) in [5, 5.41) is 9.95. The van der Waals surface area contributed by atoms with Crippen molar-refractivity contribution in [3.8, 4) is 0 Å². The minimum Gasteiger partial charge on any atom is -0.399 e. The summed E-state index contributed by atoms with van der Waals surface area (Å²) in [5.74, 6) is 0.455. The average molecular weight is 562 g/mol. The molecule has 0 aliphatic carbocycles. The maximum atomic E-state index is 13.5. The van der Waals surface area contributed by atoms with E-state index in [1.165, 1.54) is 16.4 Å². The number of sulfonamides is 1. The van der Waals surface area contributed by atoms with Gasteiger partial charge in [-0.3, -0.25) is 0 Å². The molecule has 2 aliphatic rings. The Labute approximate surface area is 219 Å². The van der Waals surface area contributed by atoms with E-state index < -0.39 is 27.4 Å². The number of nitrogens with two attached hydrogens (primary N) is 1. The first-order valence-corrected chi connectivity index (χ1v) is 13.7. The van der Waals surface area contributed by atoms with Crippen LogP contribution in [0.1, 0.15) is 31.7 Å². The third-order valence-corrected chi connectivity index (χ3v) is 9.45. The lowest BCUT2D eigenvalue weighted by Crippen LogP contribution is -2.56. The highest BCUT2D eigenvalue weighted by Gasteiger charge is 2.51. The molecule has 1 unspecified atom stereocenters. The van der Waals surface area contributed by atoms with Gasteiger partial charge in [0, 0.05) is 67.4 Å². The molecule has 2 fully saturated rings. The van der Waals surface area contributed by atoms with E-state index in [4.69, 9.17) is 10.5 Å². The topological polar surface area (TPSA) is 122 Å². The molecule has 0 amide bonds. The molecule has 0 spiro atoms. The van der Waals surface area contributed by atoms with E-state index in [-0.39, 0.29) is 47.3 Å². The summed E-state index contributed by atoms with van der Waals surface area (Å²) < 4.78 is 73.6. The lowest BCUT2D eigenvalue weighted by atomic mass is 9.91. The number of nitrogen functional groups attached to an aromatic ring is 1. The van der Waals surface area contributed by atoms with E-state index in [1.807, 2.05) is 4.90 Å². The zero-order valence-corrected chi connectivity index (χ0v) is 21.9. The fourth-order valence-electron chi connectivity index (χ4n) is 4.64. The largest absolute Gasteiger partial charge is 0.421 e. The lowest BCUT2D eigenvalue weighted by Gasteiger charge is -2.42. The molecule has 2 aromatic rings. The molecule has 9 nitrogen and oxygen atoms in total. The van der Waals surface area contributed by atoms with Crippen molar-refractivity contribution in [1.29, 1.82) is 0 Å². The molecule has 0 bridgehead atoms. The molecule has 4 rings (SSSR count). The lowest BCUT2D eigenvalue weighted by molar-refractivity contribution is -0.259. The smallest absolute Gasteiger partial charge is 0.399 e. The van der Waals surface area contributed by atoms with E-state index in [0.717, 1.165) is 25.2 Å². The summed E-state index contributed by atoms with van der Waals surface area (Å²) in [5.41, 5.74) is 2.56. The normalized spacial score (nSPS) is 22.1. The molecule has 204 valence electrons. The Morgan fingerprint density at radius 3 is 2.46 bits per heavy atom. The first-order chi connectivity index (χ1) is 17.3. The Morgan fingerprint density at radius 2 is 1.84 bits per heavy atom. The summed E-state index contributed by atoms with van der Waals surface area (Å²) in [7, 11) is -3.91. The Balaban J connectivity index is 1.61. The number of anilines is 2. The number of hydrogen-bond acceptors (Lipinski definition) is 9. The summed E-state index contributed by atoms with van der Waals surface area (Å²) in [4.78, 5) is 10.4. The minimum absolute atomic E-state index is 0.0177. The molecule has 3 heterocycles. The third kappa shape index (κ3) is 5.82. The standard InChI is InChI=1S/C23H30F3N5O4S2/c1-22(32,23(24,25)26)16-12-28-21(29-13-16)31-7-6-30(14-18(31)10-15-4-8-35-9-5-15)37(33,34)20-11-17(27)2-3-19(20)36/h2-3,11-13,15,18,32,36H,4-10,14,27H2,1H3/t18-,22?/m0/s1. The highest BCUT2D eigenvalue weighted by molar-refractivity contribution is 7.90. The fraction of sp³-hybridized carbons (Fsp3) is 0.565. The van der Waals surface area contributed by atoms with Gasteiger partial charge < -0.3 is 20.5 Å². The van der Waals surface area contributed by atoms with E-state index in [9.17, 15) is 26.7 Å². The molecule has 3 N–H and O–H groups in total. The van der Waals surface area contributed by atoms with Gasteiger partial charge in [0.2, 0.25) is 16.0 Å². The molecule has 14 heteroatoms. The van der Waals surface area contributed by atoms with Crippen molar-refractivity contribution in [2.24, 2.45) is 5.92 Å². The number of benzene rings is 1. The minimum atomic E-state index is -4.89. The van der Waals surface area contributed by atoms with Crippen LogP contribution < -0.4 is 10.6 Å².